The van der Waals surface area contributed by atoms with Crippen LogP contribution in [0, 0.1) is 5.82 Å². The van der Waals surface area contributed by atoms with Crippen LogP contribution in [0.15, 0.2) is 30.6 Å². The molecule has 0 bridgehead atoms. The third kappa shape index (κ3) is 5.48. The predicted molar refractivity (Wildman–Crippen MR) is 115 cm³/mol. The van der Waals surface area contributed by atoms with Gasteiger partial charge < -0.3 is 4.74 Å². The largest absolute Gasteiger partial charge is 0.441 e. The fourth-order valence-corrected chi connectivity index (χ4v) is 3.47. The number of aryl methyl sites for hydroxylation is 1. The molecule has 3 rings (SSSR count). The summed E-state index contributed by atoms with van der Waals surface area (Å²) in [7, 11) is -1.89. The second-order valence-corrected chi connectivity index (χ2v) is 8.92. The average molecular weight is 484 g/mol. The van der Waals surface area contributed by atoms with E-state index >= 15 is 0 Å². The molecule has 170 valence electrons. The third-order valence-electron chi connectivity index (χ3n) is 4.26. The van der Waals surface area contributed by atoms with Crippen molar-refractivity contribution in [2.24, 2.45) is 7.05 Å². The molecule has 14 heteroatoms. The first-order valence-electron chi connectivity index (χ1n) is 9.24. The molecule has 0 saturated carbocycles. The number of anilines is 2. The van der Waals surface area contributed by atoms with E-state index in [0.717, 1.165) is 12.3 Å². The number of hydrogen-bond acceptors (Lipinski definition) is 8. The van der Waals surface area contributed by atoms with E-state index < -0.39 is 28.0 Å². The highest BCUT2D eigenvalue weighted by molar-refractivity contribution is 7.92. The number of halogens is 2. The molecule has 0 spiro atoms. The van der Waals surface area contributed by atoms with Crippen molar-refractivity contribution in [3.05, 3.63) is 47.1 Å². The zero-order valence-corrected chi connectivity index (χ0v) is 18.8. The molecule has 3 heterocycles. The second kappa shape index (κ2) is 9.44. The van der Waals surface area contributed by atoms with E-state index in [2.05, 4.69) is 30.3 Å². The molecule has 3 aromatic heterocycles. The van der Waals surface area contributed by atoms with Crippen LogP contribution in [-0.4, -0.2) is 45.2 Å². The molecule has 32 heavy (non-hydrogen) atoms. The van der Waals surface area contributed by atoms with E-state index in [1.165, 1.54) is 36.9 Å². The van der Waals surface area contributed by atoms with Gasteiger partial charge in [0.25, 0.3) is 0 Å². The highest BCUT2D eigenvalue weighted by Crippen LogP contribution is 2.27. The lowest BCUT2D eigenvalue weighted by Gasteiger charge is -2.15. The summed E-state index contributed by atoms with van der Waals surface area (Å²) in [6.07, 6.45) is 0.522. The predicted octanol–water partition coefficient (Wildman–Crippen LogP) is 3.14. The van der Waals surface area contributed by atoms with Gasteiger partial charge in [-0.25, -0.2) is 27.3 Å². The Labute approximate surface area is 188 Å². The quantitative estimate of drug-likeness (QED) is 0.488. The molecular weight excluding hydrogens is 465 g/mol. The summed E-state index contributed by atoms with van der Waals surface area (Å²) in [6.45, 7) is 3.03. The lowest BCUT2D eigenvalue weighted by molar-refractivity contribution is 0.120. The zero-order valence-electron chi connectivity index (χ0n) is 17.2. The normalized spacial score (nSPS) is 12.3. The number of sulfonamides is 1. The van der Waals surface area contributed by atoms with Crippen LogP contribution in [0.4, 0.5) is 20.7 Å². The van der Waals surface area contributed by atoms with E-state index in [1.54, 1.807) is 7.05 Å². The fourth-order valence-electron chi connectivity index (χ4n) is 2.59. The zero-order chi connectivity index (χ0) is 23.5. The van der Waals surface area contributed by atoms with Crippen LogP contribution in [0.3, 0.4) is 0 Å². The van der Waals surface area contributed by atoms with E-state index in [4.69, 9.17) is 16.3 Å². The molecule has 1 atom stereocenters. The Morgan fingerprint density at radius 1 is 1.31 bits per heavy atom. The number of carbonyl (C=O) groups is 1. The topological polar surface area (TPSA) is 141 Å². The number of nitrogens with one attached hydrogen (secondary N) is 2. The van der Waals surface area contributed by atoms with Crippen LogP contribution in [-0.2, 0) is 21.8 Å². The third-order valence-corrected chi connectivity index (χ3v) is 5.88. The summed E-state index contributed by atoms with van der Waals surface area (Å²) < 4.78 is 45.7. The van der Waals surface area contributed by atoms with Gasteiger partial charge in [0.2, 0.25) is 10.0 Å². The summed E-state index contributed by atoms with van der Waals surface area (Å²) in [6, 6.07) is 4.16. The lowest BCUT2D eigenvalue weighted by atomic mass is 10.2. The van der Waals surface area contributed by atoms with E-state index in [1.807, 2.05) is 0 Å². The van der Waals surface area contributed by atoms with Gasteiger partial charge in [-0.15, -0.1) is 5.10 Å². The molecule has 0 aliphatic heterocycles. The minimum atomic E-state index is -3.44. The molecule has 0 unspecified atom stereocenters. The smallest absolute Gasteiger partial charge is 0.413 e. The van der Waals surface area contributed by atoms with Crippen molar-refractivity contribution >= 4 is 39.2 Å². The van der Waals surface area contributed by atoms with Gasteiger partial charge in [-0.05, 0) is 32.0 Å². The first kappa shape index (κ1) is 23.3. The summed E-state index contributed by atoms with van der Waals surface area (Å²) in [5.41, 5.74) is 1.05. The molecule has 0 aliphatic rings. The fraction of sp³-hybridized carbons (Fsp3) is 0.278. The molecule has 0 saturated heterocycles. The van der Waals surface area contributed by atoms with Gasteiger partial charge in [-0.1, -0.05) is 16.8 Å². The minimum absolute atomic E-state index is 0.0116. The highest BCUT2D eigenvalue weighted by Gasteiger charge is 2.21. The van der Waals surface area contributed by atoms with Crippen LogP contribution in [0.5, 0.6) is 0 Å². The van der Waals surface area contributed by atoms with Crippen molar-refractivity contribution in [2.75, 3.05) is 15.8 Å². The highest BCUT2D eigenvalue weighted by atomic mass is 35.5. The molecule has 1 amide bonds. The maximum atomic E-state index is 13.4. The minimum Gasteiger partial charge on any atom is -0.441 e. The Hall–Kier alpha value is -3.32. The molecular formula is C18H19ClFN7O4S. The number of nitrogens with zero attached hydrogens (tertiary/aromatic N) is 5. The SMILES string of the molecule is CCS(=O)(=O)Nc1ccc(-c2nnn(C)c2NC(=O)O[C@H](C)c2cc(F)cnc2Cl)nc1. The molecule has 0 fully saturated rings. The van der Waals surface area contributed by atoms with Crippen LogP contribution in [0.1, 0.15) is 25.5 Å². The molecule has 2 N–H and O–H groups in total. The summed E-state index contributed by atoms with van der Waals surface area (Å²) in [5, 5.41) is 10.4. The molecule has 11 nitrogen and oxygen atoms in total. The Bertz CT molecular complexity index is 1230. The molecule has 0 aliphatic carbocycles. The first-order valence-corrected chi connectivity index (χ1v) is 11.3. The van der Waals surface area contributed by atoms with E-state index in [-0.39, 0.29) is 33.7 Å². The molecule has 0 radical (unpaired) electrons. The van der Waals surface area contributed by atoms with Crippen LogP contribution in [0.2, 0.25) is 5.15 Å². The second-order valence-electron chi connectivity index (χ2n) is 6.55. The van der Waals surface area contributed by atoms with Crippen molar-refractivity contribution in [2.45, 2.75) is 20.0 Å². The van der Waals surface area contributed by atoms with Gasteiger partial charge in [-0.3, -0.25) is 15.0 Å². The van der Waals surface area contributed by atoms with Crippen LogP contribution in [0.25, 0.3) is 11.4 Å². The Morgan fingerprint density at radius 3 is 2.72 bits per heavy atom. The van der Waals surface area contributed by atoms with Gasteiger partial charge in [0, 0.05) is 12.6 Å². The van der Waals surface area contributed by atoms with E-state index in [0.29, 0.717) is 5.69 Å². The Kier molecular flexibility index (Phi) is 6.89. The van der Waals surface area contributed by atoms with Crippen molar-refractivity contribution in [1.29, 1.82) is 0 Å². The van der Waals surface area contributed by atoms with Crippen LogP contribution < -0.4 is 10.0 Å². The Balaban J connectivity index is 1.76. The number of hydrogen-bond donors (Lipinski definition) is 2. The van der Waals surface area contributed by atoms with Crippen molar-refractivity contribution in [3.63, 3.8) is 0 Å². The first-order chi connectivity index (χ1) is 15.1. The maximum Gasteiger partial charge on any atom is 0.413 e. The van der Waals surface area contributed by atoms with Gasteiger partial charge in [0.1, 0.15) is 17.1 Å². The van der Waals surface area contributed by atoms with Crippen LogP contribution >= 0.6 is 11.6 Å². The van der Waals surface area contributed by atoms with Gasteiger partial charge in [0.15, 0.2) is 11.5 Å². The number of carbonyl (C=O) groups excluding carboxylic acids is 1. The van der Waals surface area contributed by atoms with Crippen molar-refractivity contribution < 1.29 is 22.3 Å². The maximum absolute atomic E-state index is 13.4. The number of ether oxygens (including phenoxy) is 1. The number of aromatic nitrogens is 5. The molecule has 0 aromatic carbocycles. The van der Waals surface area contributed by atoms with Crippen molar-refractivity contribution in [1.82, 2.24) is 25.0 Å². The molecule has 3 aromatic rings. The average Bonchev–Trinajstić information content (AvgIpc) is 3.10. The van der Waals surface area contributed by atoms with Gasteiger partial charge >= 0.3 is 6.09 Å². The summed E-state index contributed by atoms with van der Waals surface area (Å²) in [5.74, 6) is -0.515. The number of pyridine rings is 2. The van der Waals surface area contributed by atoms with Gasteiger partial charge in [-0.2, -0.15) is 0 Å². The Morgan fingerprint density at radius 2 is 2.06 bits per heavy atom. The van der Waals surface area contributed by atoms with E-state index in [9.17, 15) is 17.6 Å². The van der Waals surface area contributed by atoms with Gasteiger partial charge in [0.05, 0.1) is 29.5 Å². The summed E-state index contributed by atoms with van der Waals surface area (Å²) in [4.78, 5) is 20.3. The number of rotatable bonds is 7. The summed E-state index contributed by atoms with van der Waals surface area (Å²) >= 11 is 5.95. The van der Waals surface area contributed by atoms with Crippen molar-refractivity contribution in [3.8, 4) is 11.4 Å². The number of amides is 1. The standard InChI is InChI=1S/C18H19ClFN7O4S/c1-4-32(29,30)25-12-5-6-14(21-9-12)15-17(27(3)26-24-15)23-18(28)31-10(2)13-7-11(20)8-22-16(13)19/h5-10,25H,4H2,1-3H3,(H,23,28)/t10-/m1/s1. The monoisotopic (exact) mass is 483 g/mol. The lowest BCUT2D eigenvalue weighted by Crippen LogP contribution is -2.19.